The van der Waals surface area contributed by atoms with E-state index < -0.39 is 0 Å². The molecule has 0 saturated heterocycles. The molecule has 0 aliphatic heterocycles. The molecule has 2 rings (SSSR count). The van der Waals surface area contributed by atoms with E-state index in [1.54, 1.807) is 6.26 Å². The maximum atomic E-state index is 9.11. The van der Waals surface area contributed by atoms with E-state index in [-0.39, 0.29) is 12.5 Å². The number of hydrogen-bond donors (Lipinski definition) is 1. The highest BCUT2D eigenvalue weighted by Gasteiger charge is 2.15. The van der Waals surface area contributed by atoms with Crippen LogP contribution < -0.4 is 0 Å². The molecule has 0 fully saturated rings. The van der Waals surface area contributed by atoms with Gasteiger partial charge in [-0.2, -0.15) is 0 Å². The minimum absolute atomic E-state index is 0.0149. The predicted octanol–water partition coefficient (Wildman–Crippen LogP) is 2.75. The van der Waals surface area contributed by atoms with Crippen LogP contribution in [0.25, 0.3) is 10.8 Å². The van der Waals surface area contributed by atoms with Crippen molar-refractivity contribution in [1.29, 1.82) is 0 Å². The first-order chi connectivity index (χ1) is 6.86. The average Bonchev–Trinajstić information content (AvgIpc) is 2.65. The third-order valence-corrected chi connectivity index (χ3v) is 2.69. The van der Waals surface area contributed by atoms with Gasteiger partial charge in [-0.3, -0.25) is 0 Å². The van der Waals surface area contributed by atoms with Crippen LogP contribution in [0.1, 0.15) is 11.7 Å². The number of aliphatic hydroxyl groups is 1. The van der Waals surface area contributed by atoms with Crippen LogP contribution in [0, 0.1) is 0 Å². The zero-order chi connectivity index (χ0) is 9.97. The molecule has 1 aromatic carbocycles. The Morgan fingerprint density at radius 2 is 2.14 bits per heavy atom. The lowest BCUT2D eigenvalue weighted by Crippen LogP contribution is -2.04. The number of furan rings is 1. The van der Waals surface area contributed by atoms with Gasteiger partial charge in [0, 0.05) is 16.7 Å². The molecule has 2 aromatic rings. The Morgan fingerprint density at radius 3 is 2.86 bits per heavy atom. The van der Waals surface area contributed by atoms with E-state index in [1.165, 1.54) is 0 Å². The van der Waals surface area contributed by atoms with Gasteiger partial charge in [-0.25, -0.2) is 0 Å². The van der Waals surface area contributed by atoms with Gasteiger partial charge >= 0.3 is 0 Å². The third kappa shape index (κ3) is 1.51. The van der Waals surface area contributed by atoms with Crippen LogP contribution in [0.15, 0.2) is 34.9 Å². The zero-order valence-electron chi connectivity index (χ0n) is 7.61. The van der Waals surface area contributed by atoms with Crippen molar-refractivity contribution in [3.63, 3.8) is 0 Å². The number of benzene rings is 1. The topological polar surface area (TPSA) is 33.4 Å². The first-order valence-electron chi connectivity index (χ1n) is 4.49. The summed E-state index contributed by atoms with van der Waals surface area (Å²) in [7, 11) is 0. The number of halogens is 1. The lowest BCUT2D eigenvalue weighted by molar-refractivity contribution is 0.260. The van der Waals surface area contributed by atoms with Crippen LogP contribution >= 0.6 is 11.6 Å². The van der Waals surface area contributed by atoms with E-state index in [9.17, 15) is 0 Å². The standard InChI is InChI=1S/C11H11ClO2/c12-5-9(6-13)11-10-4-2-1-3-8(10)7-14-11/h1-4,7,9,13H,5-6H2/t9-/m1/s1. The molecule has 0 saturated carbocycles. The van der Waals surface area contributed by atoms with Crippen LogP contribution in [0.4, 0.5) is 0 Å². The fourth-order valence-electron chi connectivity index (χ4n) is 1.53. The minimum atomic E-state index is -0.114. The van der Waals surface area contributed by atoms with Crippen molar-refractivity contribution in [3.05, 3.63) is 36.3 Å². The van der Waals surface area contributed by atoms with Crippen molar-refractivity contribution in [1.82, 2.24) is 0 Å². The second-order valence-corrected chi connectivity index (χ2v) is 3.53. The van der Waals surface area contributed by atoms with E-state index in [1.807, 2.05) is 24.3 Å². The van der Waals surface area contributed by atoms with Crippen molar-refractivity contribution in [2.45, 2.75) is 5.92 Å². The van der Waals surface area contributed by atoms with Gasteiger partial charge < -0.3 is 9.52 Å². The van der Waals surface area contributed by atoms with Gasteiger partial charge in [0.1, 0.15) is 5.76 Å². The maximum absolute atomic E-state index is 9.11. The summed E-state index contributed by atoms with van der Waals surface area (Å²) in [6.45, 7) is 0.0149. The van der Waals surface area contributed by atoms with Gasteiger partial charge in [0.25, 0.3) is 0 Å². The molecule has 74 valence electrons. The van der Waals surface area contributed by atoms with Crippen LogP contribution in [0.5, 0.6) is 0 Å². The van der Waals surface area contributed by atoms with Gasteiger partial charge in [0.15, 0.2) is 0 Å². The quantitative estimate of drug-likeness (QED) is 0.791. The first-order valence-corrected chi connectivity index (χ1v) is 5.03. The summed E-state index contributed by atoms with van der Waals surface area (Å²) in [5, 5.41) is 11.2. The fraction of sp³-hybridized carbons (Fsp3) is 0.273. The molecule has 0 amide bonds. The Hall–Kier alpha value is -0.990. The lowest BCUT2D eigenvalue weighted by Gasteiger charge is -2.06. The Bertz CT molecular complexity index is 418. The molecule has 2 nitrogen and oxygen atoms in total. The summed E-state index contributed by atoms with van der Waals surface area (Å²) in [6, 6.07) is 7.86. The van der Waals surface area contributed by atoms with E-state index in [0.29, 0.717) is 5.88 Å². The van der Waals surface area contributed by atoms with Crippen LogP contribution in [-0.2, 0) is 0 Å². The normalized spacial score (nSPS) is 13.3. The molecule has 0 aliphatic rings. The van der Waals surface area contributed by atoms with Crippen molar-refractivity contribution < 1.29 is 9.52 Å². The summed E-state index contributed by atoms with van der Waals surface area (Å²) < 4.78 is 5.41. The van der Waals surface area contributed by atoms with Crippen LogP contribution in [-0.4, -0.2) is 17.6 Å². The molecule has 0 spiro atoms. The van der Waals surface area contributed by atoms with Gasteiger partial charge in [-0.15, -0.1) is 11.6 Å². The molecule has 1 N–H and O–H groups in total. The number of hydrogen-bond acceptors (Lipinski definition) is 2. The van der Waals surface area contributed by atoms with Crippen molar-refractivity contribution in [2.75, 3.05) is 12.5 Å². The van der Waals surface area contributed by atoms with Crippen molar-refractivity contribution >= 4 is 22.4 Å². The summed E-state index contributed by atoms with van der Waals surface area (Å²) in [5.41, 5.74) is 0. The molecule has 0 unspecified atom stereocenters. The first kappa shape index (κ1) is 9.56. The SMILES string of the molecule is OC[C@@H](CCl)c1occ2ccccc12. The molecule has 0 aliphatic carbocycles. The molecule has 0 radical (unpaired) electrons. The number of aliphatic hydroxyl groups excluding tert-OH is 1. The van der Waals surface area contributed by atoms with Gasteiger partial charge in [-0.05, 0) is 0 Å². The fourth-order valence-corrected chi connectivity index (χ4v) is 1.77. The zero-order valence-corrected chi connectivity index (χ0v) is 8.37. The Balaban J connectivity index is 2.51. The lowest BCUT2D eigenvalue weighted by atomic mass is 10.1. The largest absolute Gasteiger partial charge is 0.468 e. The molecule has 1 atom stereocenters. The van der Waals surface area contributed by atoms with E-state index in [4.69, 9.17) is 21.1 Å². The van der Waals surface area contributed by atoms with Gasteiger partial charge in [0.2, 0.25) is 0 Å². The number of rotatable bonds is 3. The highest BCUT2D eigenvalue weighted by molar-refractivity contribution is 6.18. The van der Waals surface area contributed by atoms with Crippen molar-refractivity contribution in [2.24, 2.45) is 0 Å². The molecule has 1 aromatic heterocycles. The second kappa shape index (κ2) is 4.03. The smallest absolute Gasteiger partial charge is 0.118 e. The third-order valence-electron chi connectivity index (χ3n) is 2.32. The molecule has 0 bridgehead atoms. The molecular formula is C11H11ClO2. The maximum Gasteiger partial charge on any atom is 0.118 e. The molecular weight excluding hydrogens is 200 g/mol. The summed E-state index contributed by atoms with van der Waals surface area (Å²) in [5.74, 6) is 1.03. The Kier molecular flexibility index (Phi) is 2.75. The highest BCUT2D eigenvalue weighted by atomic mass is 35.5. The Morgan fingerprint density at radius 1 is 1.36 bits per heavy atom. The summed E-state index contributed by atoms with van der Waals surface area (Å²) in [4.78, 5) is 0. The highest BCUT2D eigenvalue weighted by Crippen LogP contribution is 2.27. The van der Waals surface area contributed by atoms with Crippen molar-refractivity contribution in [3.8, 4) is 0 Å². The van der Waals surface area contributed by atoms with Gasteiger partial charge in [0.05, 0.1) is 18.8 Å². The summed E-state index contributed by atoms with van der Waals surface area (Å²) >= 11 is 5.74. The van der Waals surface area contributed by atoms with E-state index >= 15 is 0 Å². The van der Waals surface area contributed by atoms with Crippen LogP contribution in [0.2, 0.25) is 0 Å². The monoisotopic (exact) mass is 210 g/mol. The predicted molar refractivity (Wildman–Crippen MR) is 56.8 cm³/mol. The second-order valence-electron chi connectivity index (χ2n) is 3.22. The average molecular weight is 211 g/mol. The van der Waals surface area contributed by atoms with Crippen LogP contribution in [0.3, 0.4) is 0 Å². The minimum Gasteiger partial charge on any atom is -0.468 e. The number of alkyl halides is 1. The number of fused-ring (bicyclic) bond motifs is 1. The Labute approximate surface area is 87.1 Å². The van der Waals surface area contributed by atoms with E-state index in [0.717, 1.165) is 16.5 Å². The van der Waals surface area contributed by atoms with E-state index in [2.05, 4.69) is 0 Å². The molecule has 3 heteroatoms. The molecule has 14 heavy (non-hydrogen) atoms. The van der Waals surface area contributed by atoms with Gasteiger partial charge in [-0.1, -0.05) is 24.3 Å². The summed E-state index contributed by atoms with van der Waals surface area (Å²) in [6.07, 6.45) is 1.69. The molecule has 1 heterocycles.